The topological polar surface area (TPSA) is 16.4 Å². The van der Waals surface area contributed by atoms with Crippen LogP contribution >= 0.6 is 0 Å². The summed E-state index contributed by atoms with van der Waals surface area (Å²) in [5.41, 5.74) is 19.6. The van der Waals surface area contributed by atoms with Crippen LogP contribution in [0.4, 0.5) is 17.1 Å². The number of furan rings is 1. The molecule has 0 amide bonds. The van der Waals surface area contributed by atoms with Crippen LogP contribution in [0.15, 0.2) is 217 Å². The normalized spacial score (nSPS) is 12.7. The lowest BCUT2D eigenvalue weighted by molar-refractivity contribution is 0.660. The maximum absolute atomic E-state index is 6.61. The van der Waals surface area contributed by atoms with Crippen LogP contribution in [0.2, 0.25) is 0 Å². The van der Waals surface area contributed by atoms with Gasteiger partial charge in [-0.2, -0.15) is 0 Å². The molecule has 9 aromatic carbocycles. The minimum atomic E-state index is -0.156. The lowest BCUT2D eigenvalue weighted by Gasteiger charge is -2.30. The Morgan fingerprint density at radius 1 is 0.373 bits per heavy atom. The van der Waals surface area contributed by atoms with Gasteiger partial charge in [-0.3, -0.25) is 0 Å². The molecule has 0 aliphatic heterocycles. The SMILES string of the molecule is CC1(C)c2ccccc2-c2ccc(N(c3ccc(-c4ccc(-c5ccccc5)cc4)cc3)c3ccc4oc5ccccc5c4c3-c3ccccc3-c3ccccc3)cc21. The van der Waals surface area contributed by atoms with E-state index in [0.29, 0.717) is 0 Å². The van der Waals surface area contributed by atoms with Gasteiger partial charge in [-0.15, -0.1) is 0 Å². The highest BCUT2D eigenvalue weighted by Crippen LogP contribution is 2.53. The quantitative estimate of drug-likeness (QED) is 0.161. The van der Waals surface area contributed by atoms with Crippen LogP contribution in [0.25, 0.3) is 77.6 Å². The Balaban J connectivity index is 1.14. The third kappa shape index (κ3) is 5.79. The van der Waals surface area contributed by atoms with Crippen molar-refractivity contribution in [3.8, 4) is 55.6 Å². The first-order valence-electron chi connectivity index (χ1n) is 20.4. The second-order valence-electron chi connectivity index (χ2n) is 16.1. The summed E-state index contributed by atoms with van der Waals surface area (Å²) in [6, 6.07) is 76.8. The van der Waals surface area contributed by atoms with E-state index in [4.69, 9.17) is 4.42 Å². The van der Waals surface area contributed by atoms with Crippen molar-refractivity contribution in [3.05, 3.63) is 223 Å². The van der Waals surface area contributed by atoms with Gasteiger partial charge in [0.15, 0.2) is 0 Å². The maximum Gasteiger partial charge on any atom is 0.136 e. The molecule has 0 saturated carbocycles. The van der Waals surface area contributed by atoms with Crippen LogP contribution in [0.1, 0.15) is 25.0 Å². The molecule has 280 valence electrons. The third-order valence-electron chi connectivity index (χ3n) is 12.3. The summed E-state index contributed by atoms with van der Waals surface area (Å²) in [7, 11) is 0. The Bertz CT molecular complexity index is 3160. The molecular weight excluding hydrogens is 715 g/mol. The molecule has 1 aromatic heterocycles. The second-order valence-corrected chi connectivity index (χ2v) is 16.1. The van der Waals surface area contributed by atoms with E-state index in [2.05, 4.69) is 231 Å². The van der Waals surface area contributed by atoms with Crippen molar-refractivity contribution in [2.75, 3.05) is 4.90 Å². The molecule has 0 unspecified atom stereocenters. The molecule has 1 aliphatic rings. The van der Waals surface area contributed by atoms with Gasteiger partial charge in [0.05, 0.1) is 5.69 Å². The van der Waals surface area contributed by atoms with Gasteiger partial charge in [0.2, 0.25) is 0 Å². The number of benzene rings is 9. The van der Waals surface area contributed by atoms with Crippen LogP contribution < -0.4 is 4.90 Å². The maximum atomic E-state index is 6.61. The van der Waals surface area contributed by atoms with Gasteiger partial charge in [0, 0.05) is 33.1 Å². The summed E-state index contributed by atoms with van der Waals surface area (Å²) in [4.78, 5) is 2.46. The molecule has 0 fully saturated rings. The van der Waals surface area contributed by atoms with Gasteiger partial charge in [-0.05, 0) is 104 Å². The molecule has 0 bridgehead atoms. The van der Waals surface area contributed by atoms with E-state index >= 15 is 0 Å². The predicted octanol–water partition coefficient (Wildman–Crippen LogP) is 16.0. The number of rotatable bonds is 7. The first-order chi connectivity index (χ1) is 29.0. The molecule has 1 heterocycles. The zero-order valence-corrected chi connectivity index (χ0v) is 33.1. The Morgan fingerprint density at radius 2 is 0.898 bits per heavy atom. The molecule has 59 heavy (non-hydrogen) atoms. The third-order valence-corrected chi connectivity index (χ3v) is 12.3. The average Bonchev–Trinajstić information content (AvgIpc) is 3.79. The standard InChI is InChI=1S/C57H41NO/c1-57(2)50-23-13-11-20-46(50)47-34-33-44(37-51(47)57)58(43-31-29-41(30-32-43)40-27-25-39(26-28-40)38-15-5-3-6-16-38)52-35-36-54-56(49-22-12-14-24-53(49)59-54)55(52)48-21-10-9-19-45(48)42-17-7-4-8-18-42/h3-37H,1-2H3. The summed E-state index contributed by atoms with van der Waals surface area (Å²) in [6.07, 6.45) is 0. The first-order valence-corrected chi connectivity index (χ1v) is 20.4. The Hall–Kier alpha value is -7.42. The molecule has 2 nitrogen and oxygen atoms in total. The largest absolute Gasteiger partial charge is 0.456 e. The van der Waals surface area contributed by atoms with Crippen molar-refractivity contribution < 1.29 is 4.42 Å². The zero-order valence-electron chi connectivity index (χ0n) is 33.1. The van der Waals surface area contributed by atoms with Gasteiger partial charge in [0.1, 0.15) is 11.2 Å². The minimum absolute atomic E-state index is 0.156. The highest BCUT2D eigenvalue weighted by atomic mass is 16.3. The monoisotopic (exact) mass is 755 g/mol. The van der Waals surface area contributed by atoms with E-state index in [0.717, 1.165) is 50.1 Å². The summed E-state index contributed by atoms with van der Waals surface area (Å²) in [5.74, 6) is 0. The van der Waals surface area contributed by atoms with Gasteiger partial charge in [-0.25, -0.2) is 0 Å². The van der Waals surface area contributed by atoms with Crippen molar-refractivity contribution in [2.24, 2.45) is 0 Å². The Morgan fingerprint density at radius 3 is 1.61 bits per heavy atom. The van der Waals surface area contributed by atoms with Crippen molar-refractivity contribution in [1.82, 2.24) is 0 Å². The molecule has 0 N–H and O–H groups in total. The van der Waals surface area contributed by atoms with Crippen LogP contribution in [-0.4, -0.2) is 0 Å². The van der Waals surface area contributed by atoms with Gasteiger partial charge >= 0.3 is 0 Å². The fourth-order valence-corrected chi connectivity index (χ4v) is 9.38. The summed E-state index contributed by atoms with van der Waals surface area (Å²) < 4.78 is 6.61. The molecule has 0 radical (unpaired) electrons. The number of anilines is 3. The molecule has 0 atom stereocenters. The predicted molar refractivity (Wildman–Crippen MR) is 248 cm³/mol. The molecular formula is C57H41NO. The van der Waals surface area contributed by atoms with Crippen LogP contribution in [0.5, 0.6) is 0 Å². The van der Waals surface area contributed by atoms with Crippen molar-refractivity contribution in [1.29, 1.82) is 0 Å². The smallest absolute Gasteiger partial charge is 0.136 e. The lowest BCUT2D eigenvalue weighted by Crippen LogP contribution is -2.17. The highest BCUT2D eigenvalue weighted by molar-refractivity contribution is 6.17. The highest BCUT2D eigenvalue weighted by Gasteiger charge is 2.36. The fraction of sp³-hybridized carbons (Fsp3) is 0.0526. The molecule has 1 aliphatic carbocycles. The average molecular weight is 756 g/mol. The summed E-state index contributed by atoms with van der Waals surface area (Å²) >= 11 is 0. The number of hydrogen-bond acceptors (Lipinski definition) is 2. The number of para-hydroxylation sites is 1. The number of nitrogens with zero attached hydrogens (tertiary/aromatic N) is 1. The van der Waals surface area contributed by atoms with Crippen LogP contribution in [-0.2, 0) is 5.41 Å². The lowest BCUT2D eigenvalue weighted by atomic mass is 9.82. The second kappa shape index (κ2) is 13.9. The van der Waals surface area contributed by atoms with Gasteiger partial charge in [-0.1, -0.05) is 184 Å². The summed E-state index contributed by atoms with van der Waals surface area (Å²) in [5, 5.41) is 2.21. The molecule has 0 spiro atoms. The van der Waals surface area contributed by atoms with Crippen molar-refractivity contribution in [2.45, 2.75) is 19.3 Å². The van der Waals surface area contributed by atoms with E-state index < -0.39 is 0 Å². The van der Waals surface area contributed by atoms with E-state index in [-0.39, 0.29) is 5.41 Å². The van der Waals surface area contributed by atoms with Crippen molar-refractivity contribution >= 4 is 39.0 Å². The van der Waals surface area contributed by atoms with Crippen LogP contribution in [0, 0.1) is 0 Å². The molecule has 10 aromatic rings. The van der Waals surface area contributed by atoms with Crippen LogP contribution in [0.3, 0.4) is 0 Å². The Kier molecular flexibility index (Phi) is 8.20. The minimum Gasteiger partial charge on any atom is -0.456 e. The Labute approximate surface area is 345 Å². The van der Waals surface area contributed by atoms with Crippen molar-refractivity contribution in [3.63, 3.8) is 0 Å². The van der Waals surface area contributed by atoms with E-state index in [1.54, 1.807) is 0 Å². The molecule has 2 heteroatoms. The number of hydrogen-bond donors (Lipinski definition) is 0. The van der Waals surface area contributed by atoms with E-state index in [1.165, 1.54) is 55.6 Å². The van der Waals surface area contributed by atoms with Gasteiger partial charge < -0.3 is 9.32 Å². The van der Waals surface area contributed by atoms with E-state index in [9.17, 15) is 0 Å². The first kappa shape index (κ1) is 34.8. The number of fused-ring (bicyclic) bond motifs is 6. The molecule has 11 rings (SSSR count). The summed E-state index contributed by atoms with van der Waals surface area (Å²) in [6.45, 7) is 4.71. The van der Waals surface area contributed by atoms with E-state index in [1.807, 2.05) is 0 Å². The zero-order chi connectivity index (χ0) is 39.5. The van der Waals surface area contributed by atoms with Gasteiger partial charge in [0.25, 0.3) is 0 Å². The fourth-order valence-electron chi connectivity index (χ4n) is 9.38. The molecule has 0 saturated heterocycles.